The molecule has 0 spiro atoms. The quantitative estimate of drug-likeness (QED) is 0.835. The molecule has 1 rings (SSSR count). The van der Waals surface area contributed by atoms with Crippen molar-refractivity contribution in [2.75, 3.05) is 0 Å². The number of sulfone groups is 1. The topological polar surface area (TPSA) is 77.2 Å². The lowest BCUT2D eigenvalue weighted by Crippen LogP contribution is -2.20. The molecular weight excluding hydrogens is 214 g/mol. The third kappa shape index (κ3) is 2.18. The van der Waals surface area contributed by atoms with Crippen LogP contribution in [-0.2, 0) is 9.84 Å². The molecule has 0 aliphatic carbocycles. The SMILES string of the molecule is CC(C)S(=O)(=O)c1ccccc1C(N)=O. The fourth-order valence-corrected chi connectivity index (χ4v) is 2.42. The summed E-state index contributed by atoms with van der Waals surface area (Å²) in [6.07, 6.45) is 0. The maximum absolute atomic E-state index is 11.8. The van der Waals surface area contributed by atoms with Crippen molar-refractivity contribution in [3.8, 4) is 0 Å². The van der Waals surface area contributed by atoms with E-state index >= 15 is 0 Å². The maximum Gasteiger partial charge on any atom is 0.250 e. The summed E-state index contributed by atoms with van der Waals surface area (Å²) in [6.45, 7) is 3.13. The molecule has 82 valence electrons. The first-order valence-electron chi connectivity index (χ1n) is 4.50. The Morgan fingerprint density at radius 1 is 1.27 bits per heavy atom. The van der Waals surface area contributed by atoms with Crippen molar-refractivity contribution in [1.29, 1.82) is 0 Å². The fraction of sp³-hybridized carbons (Fsp3) is 0.300. The van der Waals surface area contributed by atoms with Gasteiger partial charge in [-0.3, -0.25) is 4.79 Å². The van der Waals surface area contributed by atoms with Crippen LogP contribution in [0.1, 0.15) is 24.2 Å². The number of nitrogens with two attached hydrogens (primary N) is 1. The molecule has 1 amide bonds. The van der Waals surface area contributed by atoms with Gasteiger partial charge in [0.2, 0.25) is 5.91 Å². The van der Waals surface area contributed by atoms with Crippen molar-refractivity contribution in [3.63, 3.8) is 0 Å². The van der Waals surface area contributed by atoms with Gasteiger partial charge in [0.25, 0.3) is 0 Å². The van der Waals surface area contributed by atoms with Crippen LogP contribution in [0.15, 0.2) is 29.2 Å². The van der Waals surface area contributed by atoms with E-state index in [9.17, 15) is 13.2 Å². The van der Waals surface area contributed by atoms with Crippen LogP contribution in [0.25, 0.3) is 0 Å². The summed E-state index contributed by atoms with van der Waals surface area (Å²) in [5.41, 5.74) is 5.16. The summed E-state index contributed by atoms with van der Waals surface area (Å²) in [7, 11) is -3.45. The highest BCUT2D eigenvalue weighted by molar-refractivity contribution is 7.92. The Balaban J connectivity index is 3.45. The standard InChI is InChI=1S/C10H13NO3S/c1-7(2)15(13,14)9-6-4-3-5-8(9)10(11)12/h3-7H,1-2H3,(H2,11,12). The summed E-state index contributed by atoms with van der Waals surface area (Å²) < 4.78 is 23.7. The summed E-state index contributed by atoms with van der Waals surface area (Å²) >= 11 is 0. The number of rotatable bonds is 3. The van der Waals surface area contributed by atoms with E-state index < -0.39 is 21.0 Å². The van der Waals surface area contributed by atoms with Crippen LogP contribution in [-0.4, -0.2) is 19.6 Å². The smallest absolute Gasteiger partial charge is 0.250 e. The third-order valence-electron chi connectivity index (χ3n) is 2.08. The van der Waals surface area contributed by atoms with Crippen molar-refractivity contribution in [2.45, 2.75) is 24.0 Å². The molecule has 0 saturated carbocycles. The van der Waals surface area contributed by atoms with Gasteiger partial charge in [-0.25, -0.2) is 8.42 Å². The molecule has 5 heteroatoms. The Labute approximate surface area is 89.0 Å². The minimum Gasteiger partial charge on any atom is -0.366 e. The molecule has 0 heterocycles. The van der Waals surface area contributed by atoms with Crippen LogP contribution in [0.2, 0.25) is 0 Å². The second-order valence-corrected chi connectivity index (χ2v) is 5.93. The van der Waals surface area contributed by atoms with Crippen LogP contribution >= 0.6 is 0 Å². The van der Waals surface area contributed by atoms with Gasteiger partial charge in [-0.15, -0.1) is 0 Å². The summed E-state index contributed by atoms with van der Waals surface area (Å²) in [5.74, 6) is -0.727. The number of primary amides is 1. The Hall–Kier alpha value is -1.36. The molecule has 0 aromatic heterocycles. The van der Waals surface area contributed by atoms with Crippen LogP contribution in [0.4, 0.5) is 0 Å². The molecule has 4 nitrogen and oxygen atoms in total. The number of hydrogen-bond acceptors (Lipinski definition) is 3. The van der Waals surface area contributed by atoms with Gasteiger partial charge in [0.05, 0.1) is 15.7 Å². The lowest BCUT2D eigenvalue weighted by Gasteiger charge is -2.10. The predicted molar refractivity (Wildman–Crippen MR) is 57.3 cm³/mol. The normalized spacial score (nSPS) is 11.7. The molecule has 15 heavy (non-hydrogen) atoms. The minimum absolute atomic E-state index is 0.00694. The van der Waals surface area contributed by atoms with E-state index in [1.54, 1.807) is 26.0 Å². The van der Waals surface area contributed by atoms with Gasteiger partial charge in [-0.1, -0.05) is 12.1 Å². The third-order valence-corrected chi connectivity index (χ3v) is 4.29. The molecule has 1 aromatic rings. The van der Waals surface area contributed by atoms with Gasteiger partial charge >= 0.3 is 0 Å². The van der Waals surface area contributed by atoms with E-state index in [2.05, 4.69) is 0 Å². The first kappa shape index (κ1) is 11.7. The highest BCUT2D eigenvalue weighted by Crippen LogP contribution is 2.19. The Morgan fingerprint density at radius 3 is 2.27 bits per heavy atom. The van der Waals surface area contributed by atoms with Gasteiger partial charge in [-0.05, 0) is 26.0 Å². The van der Waals surface area contributed by atoms with Crippen molar-refractivity contribution in [3.05, 3.63) is 29.8 Å². The van der Waals surface area contributed by atoms with Gasteiger partial charge in [-0.2, -0.15) is 0 Å². The van der Waals surface area contributed by atoms with E-state index in [0.717, 1.165) is 0 Å². The molecule has 0 saturated heterocycles. The average molecular weight is 227 g/mol. The Kier molecular flexibility index (Phi) is 3.14. The summed E-state index contributed by atoms with van der Waals surface area (Å²) in [4.78, 5) is 11.1. The largest absolute Gasteiger partial charge is 0.366 e. The Morgan fingerprint density at radius 2 is 1.80 bits per heavy atom. The zero-order valence-electron chi connectivity index (χ0n) is 8.60. The second-order valence-electron chi connectivity index (χ2n) is 3.45. The molecule has 0 fully saturated rings. The highest BCUT2D eigenvalue weighted by atomic mass is 32.2. The highest BCUT2D eigenvalue weighted by Gasteiger charge is 2.23. The molecule has 0 atom stereocenters. The number of amides is 1. The molecule has 0 bridgehead atoms. The second kappa shape index (κ2) is 4.02. The van der Waals surface area contributed by atoms with E-state index in [1.165, 1.54) is 12.1 Å². The van der Waals surface area contributed by atoms with Gasteiger partial charge in [0, 0.05) is 0 Å². The molecule has 2 N–H and O–H groups in total. The summed E-state index contributed by atoms with van der Waals surface area (Å²) in [5, 5.41) is -0.571. The number of carbonyl (C=O) groups is 1. The maximum atomic E-state index is 11.8. The van der Waals surface area contributed by atoms with E-state index in [1.807, 2.05) is 0 Å². The zero-order chi connectivity index (χ0) is 11.6. The van der Waals surface area contributed by atoms with Crippen LogP contribution < -0.4 is 5.73 Å². The number of hydrogen-bond donors (Lipinski definition) is 1. The molecule has 0 radical (unpaired) electrons. The average Bonchev–Trinajstić information content (AvgIpc) is 2.17. The molecule has 0 unspecified atom stereocenters. The molecule has 0 aliphatic rings. The first-order valence-corrected chi connectivity index (χ1v) is 6.04. The summed E-state index contributed by atoms with van der Waals surface area (Å²) in [6, 6.07) is 5.97. The van der Waals surface area contributed by atoms with Crippen LogP contribution in [0.5, 0.6) is 0 Å². The van der Waals surface area contributed by atoms with Gasteiger partial charge in [0.15, 0.2) is 9.84 Å². The number of carbonyl (C=O) groups excluding carboxylic acids is 1. The van der Waals surface area contributed by atoms with Crippen molar-refractivity contribution < 1.29 is 13.2 Å². The van der Waals surface area contributed by atoms with Crippen molar-refractivity contribution in [1.82, 2.24) is 0 Å². The van der Waals surface area contributed by atoms with Gasteiger partial charge < -0.3 is 5.73 Å². The fourth-order valence-electron chi connectivity index (χ4n) is 1.17. The van der Waals surface area contributed by atoms with Gasteiger partial charge in [0.1, 0.15) is 0 Å². The molecule has 1 aromatic carbocycles. The van der Waals surface area contributed by atoms with Crippen LogP contribution in [0, 0.1) is 0 Å². The molecular formula is C10H13NO3S. The lowest BCUT2D eigenvalue weighted by molar-refractivity contribution is 0.0997. The van der Waals surface area contributed by atoms with E-state index in [4.69, 9.17) is 5.73 Å². The van der Waals surface area contributed by atoms with E-state index in [0.29, 0.717) is 0 Å². The minimum atomic E-state index is -3.45. The Bertz CT molecular complexity index is 477. The predicted octanol–water partition coefficient (Wildman–Crippen LogP) is 0.968. The first-order chi connectivity index (χ1) is 6.87. The van der Waals surface area contributed by atoms with Crippen molar-refractivity contribution in [2.24, 2.45) is 5.73 Å². The zero-order valence-corrected chi connectivity index (χ0v) is 9.41. The number of benzene rings is 1. The van der Waals surface area contributed by atoms with Crippen molar-refractivity contribution >= 4 is 15.7 Å². The monoisotopic (exact) mass is 227 g/mol. The van der Waals surface area contributed by atoms with Crippen LogP contribution in [0.3, 0.4) is 0 Å². The molecule has 0 aliphatic heterocycles. The van der Waals surface area contributed by atoms with E-state index in [-0.39, 0.29) is 10.5 Å². The lowest BCUT2D eigenvalue weighted by atomic mass is 10.2.